The van der Waals surface area contributed by atoms with Gasteiger partial charge in [0.25, 0.3) is 0 Å². The number of carbonyl (C=O) groups is 1. The minimum absolute atomic E-state index is 0.115. The molecule has 4 nitrogen and oxygen atoms in total. The Bertz CT molecular complexity index is 689. The first kappa shape index (κ1) is 15.6. The van der Waals surface area contributed by atoms with E-state index in [1.807, 2.05) is 6.92 Å². The topological polar surface area (TPSA) is 55.8 Å². The Morgan fingerprint density at radius 1 is 1.14 bits per heavy atom. The Morgan fingerprint density at radius 3 is 2.59 bits per heavy atom. The first-order valence-electron chi connectivity index (χ1n) is 7.06. The highest BCUT2D eigenvalue weighted by Gasteiger charge is 2.15. The maximum absolute atomic E-state index is 12.0. The lowest BCUT2D eigenvalue weighted by atomic mass is 10.1. The molecule has 0 aliphatic rings. The summed E-state index contributed by atoms with van der Waals surface area (Å²) in [4.78, 5) is 12.0. The molecule has 4 heteroatoms. The summed E-state index contributed by atoms with van der Waals surface area (Å²) in [5, 5.41) is 9.94. The van der Waals surface area contributed by atoms with Crippen LogP contribution in [0.15, 0.2) is 48.5 Å². The van der Waals surface area contributed by atoms with E-state index in [1.165, 1.54) is 0 Å². The van der Waals surface area contributed by atoms with Crippen molar-refractivity contribution in [3.63, 3.8) is 0 Å². The van der Waals surface area contributed by atoms with Crippen molar-refractivity contribution in [1.82, 2.24) is 0 Å². The second-order valence-corrected chi connectivity index (χ2v) is 4.51. The number of hydrogen-bond donors (Lipinski definition) is 1. The largest absolute Gasteiger partial charge is 0.507 e. The van der Waals surface area contributed by atoms with E-state index in [9.17, 15) is 9.90 Å². The molecule has 0 radical (unpaired) electrons. The van der Waals surface area contributed by atoms with Gasteiger partial charge >= 0.3 is 5.97 Å². The summed E-state index contributed by atoms with van der Waals surface area (Å²) in [5.41, 5.74) is 0.905. The van der Waals surface area contributed by atoms with Crippen molar-refractivity contribution in [1.29, 1.82) is 0 Å². The van der Waals surface area contributed by atoms with Gasteiger partial charge < -0.3 is 14.6 Å². The molecular weight excluding hydrogens is 280 g/mol. The summed E-state index contributed by atoms with van der Waals surface area (Å²) in [6.45, 7) is 3.90. The van der Waals surface area contributed by atoms with E-state index in [0.717, 1.165) is 0 Å². The maximum Gasteiger partial charge on any atom is 0.341 e. The number of esters is 1. The number of phenolic OH excluding ortho intramolecular Hbond substituents is 1. The van der Waals surface area contributed by atoms with Gasteiger partial charge in [0.1, 0.15) is 22.8 Å². The Kier molecular flexibility index (Phi) is 5.20. The van der Waals surface area contributed by atoms with Gasteiger partial charge in [-0.3, -0.25) is 0 Å². The van der Waals surface area contributed by atoms with Crippen LogP contribution in [0.2, 0.25) is 0 Å². The van der Waals surface area contributed by atoms with Crippen molar-refractivity contribution in [2.45, 2.75) is 13.8 Å². The molecule has 1 N–H and O–H groups in total. The average Bonchev–Trinajstić information content (AvgIpc) is 2.51. The lowest BCUT2D eigenvalue weighted by molar-refractivity contribution is 0.0523. The van der Waals surface area contributed by atoms with E-state index in [4.69, 9.17) is 9.47 Å². The van der Waals surface area contributed by atoms with Crippen LogP contribution in [0.5, 0.6) is 17.2 Å². The van der Waals surface area contributed by atoms with Crippen molar-refractivity contribution in [2.24, 2.45) is 0 Å². The number of para-hydroxylation sites is 1. The van der Waals surface area contributed by atoms with Crippen molar-refractivity contribution in [3.8, 4) is 17.2 Å². The van der Waals surface area contributed by atoms with Crippen LogP contribution in [-0.4, -0.2) is 17.7 Å². The maximum atomic E-state index is 12.0. The molecule has 0 saturated heterocycles. The average molecular weight is 298 g/mol. The van der Waals surface area contributed by atoms with Gasteiger partial charge in [-0.05, 0) is 38.1 Å². The fourth-order valence-corrected chi connectivity index (χ4v) is 2.01. The normalized spacial score (nSPS) is 10.6. The van der Waals surface area contributed by atoms with Crippen LogP contribution >= 0.6 is 0 Å². The van der Waals surface area contributed by atoms with Crippen molar-refractivity contribution >= 4 is 12.0 Å². The third kappa shape index (κ3) is 3.47. The highest BCUT2D eigenvalue weighted by atomic mass is 16.5. The van der Waals surface area contributed by atoms with E-state index >= 15 is 0 Å². The number of hydrogen-bond acceptors (Lipinski definition) is 4. The Balaban J connectivity index is 2.40. The van der Waals surface area contributed by atoms with Crippen molar-refractivity contribution in [2.75, 3.05) is 6.61 Å². The number of carbonyl (C=O) groups excluding carboxylic acids is 1. The molecule has 2 aromatic rings. The Labute approximate surface area is 129 Å². The first-order valence-corrected chi connectivity index (χ1v) is 7.06. The van der Waals surface area contributed by atoms with Gasteiger partial charge in [0.2, 0.25) is 0 Å². The Hall–Kier alpha value is -2.75. The lowest BCUT2D eigenvalue weighted by Gasteiger charge is -2.13. The van der Waals surface area contributed by atoms with Crippen LogP contribution < -0.4 is 4.74 Å². The number of ether oxygens (including phenoxy) is 2. The van der Waals surface area contributed by atoms with Crippen LogP contribution in [0, 0.1) is 0 Å². The highest BCUT2D eigenvalue weighted by Crippen LogP contribution is 2.34. The van der Waals surface area contributed by atoms with Crippen LogP contribution in [0.1, 0.15) is 29.8 Å². The zero-order chi connectivity index (χ0) is 15.9. The molecule has 0 aliphatic heterocycles. The van der Waals surface area contributed by atoms with Gasteiger partial charge in [-0.25, -0.2) is 4.79 Å². The van der Waals surface area contributed by atoms with Gasteiger partial charge in [-0.1, -0.05) is 30.4 Å². The quantitative estimate of drug-likeness (QED) is 0.831. The van der Waals surface area contributed by atoms with E-state index in [1.54, 1.807) is 61.5 Å². The molecular formula is C18H18O4. The predicted octanol–water partition coefficient (Wildman–Crippen LogP) is 4.39. The first-order chi connectivity index (χ1) is 10.7. The smallest absolute Gasteiger partial charge is 0.341 e. The number of phenols is 1. The summed E-state index contributed by atoms with van der Waals surface area (Å²) < 4.78 is 10.9. The third-order valence-electron chi connectivity index (χ3n) is 2.98. The van der Waals surface area contributed by atoms with E-state index in [0.29, 0.717) is 29.2 Å². The summed E-state index contributed by atoms with van der Waals surface area (Å²) in [6.07, 6.45) is 3.55. The number of rotatable bonds is 5. The number of aromatic hydroxyl groups is 1. The lowest BCUT2D eigenvalue weighted by Crippen LogP contribution is -2.06. The molecule has 0 saturated carbocycles. The molecule has 0 fully saturated rings. The molecule has 114 valence electrons. The van der Waals surface area contributed by atoms with Gasteiger partial charge in [-0.2, -0.15) is 0 Å². The summed E-state index contributed by atoms with van der Waals surface area (Å²) in [7, 11) is 0. The fraction of sp³-hybridized carbons (Fsp3) is 0.167. The van der Waals surface area contributed by atoms with E-state index in [-0.39, 0.29) is 5.75 Å². The molecule has 2 aromatic carbocycles. The SMILES string of the molecule is C/C=C\c1c(O)cccc1Oc1ccccc1C(=O)OCC. The Morgan fingerprint density at radius 2 is 1.86 bits per heavy atom. The number of allylic oxidation sites excluding steroid dienone is 1. The van der Waals surface area contributed by atoms with Gasteiger partial charge in [0.05, 0.1) is 12.2 Å². The number of benzene rings is 2. The summed E-state index contributed by atoms with van der Waals surface area (Å²) >= 11 is 0. The zero-order valence-corrected chi connectivity index (χ0v) is 12.6. The summed E-state index contributed by atoms with van der Waals surface area (Å²) in [6, 6.07) is 11.9. The molecule has 2 rings (SSSR count). The molecule has 0 aliphatic carbocycles. The van der Waals surface area contributed by atoms with Crippen molar-refractivity contribution in [3.05, 3.63) is 59.7 Å². The predicted molar refractivity (Wildman–Crippen MR) is 85.3 cm³/mol. The fourth-order valence-electron chi connectivity index (χ4n) is 2.01. The second-order valence-electron chi connectivity index (χ2n) is 4.51. The zero-order valence-electron chi connectivity index (χ0n) is 12.6. The minimum atomic E-state index is -0.439. The van der Waals surface area contributed by atoms with Crippen LogP contribution in [0.4, 0.5) is 0 Å². The third-order valence-corrected chi connectivity index (χ3v) is 2.98. The van der Waals surface area contributed by atoms with E-state index < -0.39 is 5.97 Å². The van der Waals surface area contributed by atoms with Gasteiger partial charge in [-0.15, -0.1) is 0 Å². The highest BCUT2D eigenvalue weighted by molar-refractivity contribution is 5.92. The molecule has 0 atom stereocenters. The molecule has 0 aromatic heterocycles. The standard InChI is InChI=1S/C18H18O4/c1-3-8-13-15(19)10-7-12-16(13)22-17-11-6-5-9-14(17)18(20)21-4-2/h3,5-12,19H,4H2,1-2H3/b8-3-. The molecule has 0 unspecified atom stereocenters. The van der Waals surface area contributed by atoms with Crippen LogP contribution in [0.25, 0.3) is 6.08 Å². The van der Waals surface area contributed by atoms with Gasteiger partial charge in [0, 0.05) is 0 Å². The minimum Gasteiger partial charge on any atom is -0.507 e. The monoisotopic (exact) mass is 298 g/mol. The van der Waals surface area contributed by atoms with Crippen molar-refractivity contribution < 1.29 is 19.4 Å². The second kappa shape index (κ2) is 7.31. The summed E-state index contributed by atoms with van der Waals surface area (Å²) in [5.74, 6) is 0.530. The molecule has 0 spiro atoms. The molecule has 0 amide bonds. The van der Waals surface area contributed by atoms with Crippen LogP contribution in [-0.2, 0) is 4.74 Å². The van der Waals surface area contributed by atoms with Gasteiger partial charge in [0.15, 0.2) is 0 Å². The van der Waals surface area contributed by atoms with Crippen LogP contribution in [0.3, 0.4) is 0 Å². The molecule has 0 bridgehead atoms. The van der Waals surface area contributed by atoms with E-state index in [2.05, 4.69) is 0 Å². The molecule has 22 heavy (non-hydrogen) atoms. The molecule has 0 heterocycles.